The fourth-order valence-corrected chi connectivity index (χ4v) is 2.93. The lowest BCUT2D eigenvalue weighted by atomic mass is 9.76. The van der Waals surface area contributed by atoms with Crippen LogP contribution in [0.15, 0.2) is 54.6 Å². The van der Waals surface area contributed by atoms with Gasteiger partial charge in [-0.15, -0.1) is 0 Å². The molecule has 1 atom stereocenters. The van der Waals surface area contributed by atoms with Gasteiger partial charge in [0.15, 0.2) is 5.78 Å². The Balaban J connectivity index is 0.000000283. The number of hydrogen-bond donors (Lipinski definition) is 0. The summed E-state index contributed by atoms with van der Waals surface area (Å²) in [6.07, 6.45) is 2.92. The van der Waals surface area contributed by atoms with Crippen LogP contribution in [0.5, 0.6) is 0 Å². The summed E-state index contributed by atoms with van der Waals surface area (Å²) in [7, 11) is 0. The van der Waals surface area contributed by atoms with E-state index >= 15 is 0 Å². The molecule has 0 bridgehead atoms. The van der Waals surface area contributed by atoms with Crippen molar-refractivity contribution >= 4 is 17.1 Å². The summed E-state index contributed by atoms with van der Waals surface area (Å²) in [6.45, 7) is 9.01. The summed E-state index contributed by atoms with van der Waals surface area (Å²) in [5.41, 5.74) is 2.59. The van der Waals surface area contributed by atoms with Crippen molar-refractivity contribution in [3.05, 3.63) is 77.4 Å². The van der Waals surface area contributed by atoms with Gasteiger partial charge < -0.3 is 0 Å². The molecule has 2 nitrogen and oxygen atoms in total. The maximum atomic E-state index is 12.8. The Kier molecular flexibility index (Phi) is 8.90. The van der Waals surface area contributed by atoms with Crippen molar-refractivity contribution in [3.8, 4) is 0 Å². The fraction of sp³-hybridized carbons (Fsp3) is 0.333. The zero-order valence-electron chi connectivity index (χ0n) is 17.2. The van der Waals surface area contributed by atoms with Crippen LogP contribution in [0.2, 0.25) is 0 Å². The Morgan fingerprint density at radius 2 is 1.36 bits per heavy atom. The van der Waals surface area contributed by atoms with Crippen LogP contribution in [0.25, 0.3) is 5.57 Å². The molecule has 0 saturated carbocycles. The molecular weight excluding hydrogens is 358 g/mol. The van der Waals surface area contributed by atoms with Crippen LogP contribution in [0.3, 0.4) is 0 Å². The van der Waals surface area contributed by atoms with E-state index in [2.05, 4.69) is 0 Å². The van der Waals surface area contributed by atoms with E-state index in [-0.39, 0.29) is 28.6 Å². The Morgan fingerprint density at radius 1 is 0.893 bits per heavy atom. The smallest absolute Gasteiger partial charge is 0.152 e. The SMILES string of the molecule is CC(=O)/C=C(\C)c1ccc(F)cc1.CC[C@@](C)(CC(C)=O)c1ccc(F)cc1. The Labute approximate surface area is 166 Å². The molecule has 0 aliphatic rings. The lowest BCUT2D eigenvalue weighted by molar-refractivity contribution is -0.118. The molecule has 4 heteroatoms. The summed E-state index contributed by atoms with van der Waals surface area (Å²) in [5, 5.41) is 0. The first-order valence-electron chi connectivity index (χ1n) is 9.27. The molecule has 28 heavy (non-hydrogen) atoms. The first-order chi connectivity index (χ1) is 13.1. The first-order valence-corrected chi connectivity index (χ1v) is 9.27. The molecule has 2 aromatic rings. The van der Waals surface area contributed by atoms with Crippen molar-refractivity contribution in [2.24, 2.45) is 0 Å². The monoisotopic (exact) mass is 386 g/mol. The lowest BCUT2D eigenvalue weighted by Crippen LogP contribution is -2.23. The van der Waals surface area contributed by atoms with E-state index in [1.54, 1.807) is 31.2 Å². The molecule has 150 valence electrons. The third-order valence-electron chi connectivity index (χ3n) is 4.68. The number of carbonyl (C=O) groups excluding carboxylic acids is 2. The van der Waals surface area contributed by atoms with Gasteiger partial charge in [0.25, 0.3) is 0 Å². The average Bonchev–Trinajstić information content (AvgIpc) is 2.62. The summed E-state index contributed by atoms with van der Waals surface area (Å²) in [5.74, 6) is -0.329. The van der Waals surface area contributed by atoms with E-state index in [0.29, 0.717) is 6.42 Å². The van der Waals surface area contributed by atoms with Gasteiger partial charge in [-0.3, -0.25) is 9.59 Å². The van der Waals surface area contributed by atoms with Crippen LogP contribution >= 0.6 is 0 Å². The highest BCUT2D eigenvalue weighted by molar-refractivity contribution is 5.94. The number of rotatable bonds is 6. The topological polar surface area (TPSA) is 34.1 Å². The molecular formula is C24H28F2O2. The quantitative estimate of drug-likeness (QED) is 0.547. The number of ketones is 2. The van der Waals surface area contributed by atoms with Gasteiger partial charge in [0.05, 0.1) is 0 Å². The van der Waals surface area contributed by atoms with Gasteiger partial charge >= 0.3 is 0 Å². The maximum absolute atomic E-state index is 12.8. The van der Waals surface area contributed by atoms with E-state index in [1.807, 2.05) is 20.8 Å². The molecule has 0 N–H and O–H groups in total. The van der Waals surface area contributed by atoms with Crippen LogP contribution in [0, 0.1) is 11.6 Å². The van der Waals surface area contributed by atoms with E-state index in [9.17, 15) is 18.4 Å². The molecule has 0 spiro atoms. The normalized spacial score (nSPS) is 13.2. The van der Waals surface area contributed by atoms with E-state index < -0.39 is 0 Å². The molecule has 0 aliphatic carbocycles. The average molecular weight is 386 g/mol. The van der Waals surface area contributed by atoms with E-state index in [1.165, 1.54) is 37.3 Å². The minimum atomic E-state index is -0.264. The number of hydrogen-bond acceptors (Lipinski definition) is 2. The minimum Gasteiger partial charge on any atom is -0.300 e. The highest BCUT2D eigenvalue weighted by Gasteiger charge is 2.26. The molecule has 2 aromatic carbocycles. The Bertz CT molecular complexity index is 821. The van der Waals surface area contributed by atoms with Crippen LogP contribution in [-0.2, 0) is 15.0 Å². The molecule has 0 heterocycles. The van der Waals surface area contributed by atoms with Crippen LogP contribution < -0.4 is 0 Å². The fourth-order valence-electron chi connectivity index (χ4n) is 2.93. The molecule has 0 saturated heterocycles. The molecule has 0 unspecified atom stereocenters. The first kappa shape index (κ1) is 23.4. The third kappa shape index (κ3) is 7.55. The van der Waals surface area contributed by atoms with Gasteiger partial charge in [-0.25, -0.2) is 8.78 Å². The van der Waals surface area contributed by atoms with Gasteiger partial charge in [0.1, 0.15) is 17.4 Å². The molecule has 0 amide bonds. The second kappa shape index (κ2) is 10.6. The zero-order chi connectivity index (χ0) is 21.3. The van der Waals surface area contributed by atoms with Crippen LogP contribution in [-0.4, -0.2) is 11.6 Å². The van der Waals surface area contributed by atoms with E-state index in [0.717, 1.165) is 23.1 Å². The van der Waals surface area contributed by atoms with Crippen molar-refractivity contribution in [2.75, 3.05) is 0 Å². The Hall–Kier alpha value is -2.62. The van der Waals surface area contributed by atoms with Gasteiger partial charge in [-0.1, -0.05) is 38.1 Å². The number of carbonyl (C=O) groups is 2. The van der Waals surface area contributed by atoms with Gasteiger partial charge in [-0.2, -0.15) is 0 Å². The van der Waals surface area contributed by atoms with Crippen molar-refractivity contribution in [1.29, 1.82) is 0 Å². The lowest BCUT2D eigenvalue weighted by Gasteiger charge is -2.27. The van der Waals surface area contributed by atoms with Crippen molar-refractivity contribution in [1.82, 2.24) is 0 Å². The standard InChI is InChI=1S/C13H17FO.C11H11FO/c1-4-13(3,9-10(2)15)11-5-7-12(14)8-6-11;1-8(7-9(2)13)10-3-5-11(12)6-4-10/h5-8H,4,9H2,1-3H3;3-7H,1-2H3/b;8-7+/t13-;/m0./s1. The molecule has 0 fully saturated rings. The predicted octanol–water partition coefficient (Wildman–Crippen LogP) is 6.29. The number of benzene rings is 2. The summed E-state index contributed by atoms with van der Waals surface area (Å²) >= 11 is 0. The Morgan fingerprint density at radius 3 is 1.75 bits per heavy atom. The third-order valence-corrected chi connectivity index (χ3v) is 4.68. The van der Waals surface area contributed by atoms with Crippen LogP contribution in [0.4, 0.5) is 8.78 Å². The second-order valence-electron chi connectivity index (χ2n) is 7.24. The molecule has 0 aliphatic heterocycles. The highest BCUT2D eigenvalue weighted by Crippen LogP contribution is 2.31. The summed E-state index contributed by atoms with van der Waals surface area (Å²) in [4.78, 5) is 21.9. The molecule has 2 rings (SSSR count). The van der Waals surface area contributed by atoms with E-state index in [4.69, 9.17) is 0 Å². The van der Waals surface area contributed by atoms with Crippen molar-refractivity contribution in [2.45, 2.75) is 52.9 Å². The largest absolute Gasteiger partial charge is 0.300 e. The highest BCUT2D eigenvalue weighted by atomic mass is 19.1. The molecule has 0 aromatic heterocycles. The van der Waals surface area contributed by atoms with Crippen LogP contribution in [0.1, 0.15) is 58.6 Å². The second-order valence-corrected chi connectivity index (χ2v) is 7.24. The van der Waals surface area contributed by atoms with Gasteiger partial charge in [0, 0.05) is 6.42 Å². The summed E-state index contributed by atoms with van der Waals surface area (Å²) < 4.78 is 25.3. The van der Waals surface area contributed by atoms with Gasteiger partial charge in [-0.05, 0) is 79.6 Å². The van der Waals surface area contributed by atoms with Crippen molar-refractivity contribution in [3.63, 3.8) is 0 Å². The zero-order valence-corrected chi connectivity index (χ0v) is 17.2. The van der Waals surface area contributed by atoms with Crippen molar-refractivity contribution < 1.29 is 18.4 Å². The predicted molar refractivity (Wildman–Crippen MR) is 110 cm³/mol. The minimum absolute atomic E-state index is 0.00169. The summed E-state index contributed by atoms with van der Waals surface area (Å²) in [6, 6.07) is 12.5. The number of halogens is 2. The van der Waals surface area contributed by atoms with Gasteiger partial charge in [0.2, 0.25) is 0 Å². The molecule has 0 radical (unpaired) electrons. The number of allylic oxidation sites excluding steroid dienone is 2. The maximum Gasteiger partial charge on any atom is 0.152 e. The number of Topliss-reactive ketones (excluding diaryl/α,β-unsaturated/α-hetero) is 1.